The van der Waals surface area contributed by atoms with Crippen molar-refractivity contribution in [3.8, 4) is 0 Å². The zero-order chi connectivity index (χ0) is 11.3. The first-order valence-electron chi connectivity index (χ1n) is 4.99. The fraction of sp³-hybridized carbons (Fsp3) is 0.417. The van der Waals surface area contributed by atoms with Gasteiger partial charge in [0, 0.05) is 24.4 Å². The second-order valence-corrected chi connectivity index (χ2v) is 4.33. The van der Waals surface area contributed by atoms with Gasteiger partial charge < -0.3 is 4.90 Å². The number of nitrogens with zero attached hydrogens (tertiary/aromatic N) is 1. The summed E-state index contributed by atoms with van der Waals surface area (Å²) in [6.07, 6.45) is 1.11. The van der Waals surface area contributed by atoms with Crippen molar-refractivity contribution in [1.82, 2.24) is 4.90 Å². The maximum Gasteiger partial charge on any atom is 0.138 e. The van der Waals surface area contributed by atoms with Gasteiger partial charge in [0.25, 0.3) is 0 Å². The molecule has 1 rings (SSSR count). The molecule has 0 atom stereocenters. The van der Waals surface area contributed by atoms with Crippen LogP contribution in [0.4, 0.5) is 0 Å². The second kappa shape index (κ2) is 5.89. The lowest BCUT2D eigenvalue weighted by atomic mass is 10.1. The average Bonchev–Trinajstić information content (AvgIpc) is 2.19. The zero-order valence-corrected chi connectivity index (χ0v) is 9.92. The summed E-state index contributed by atoms with van der Waals surface area (Å²) < 4.78 is 0. The van der Waals surface area contributed by atoms with E-state index in [1.54, 1.807) is 0 Å². The number of carbonyl (C=O) groups excluding carboxylic acids is 1. The molecule has 0 aromatic heterocycles. The fourth-order valence-electron chi connectivity index (χ4n) is 1.27. The van der Waals surface area contributed by atoms with Gasteiger partial charge in [0.2, 0.25) is 0 Å². The first-order chi connectivity index (χ1) is 7.08. The Morgan fingerprint density at radius 1 is 1.27 bits per heavy atom. The van der Waals surface area contributed by atoms with E-state index in [1.165, 1.54) is 0 Å². The number of Topliss-reactive ketones (excluding diaryl/α,β-unsaturated/α-hetero) is 1. The molecular formula is C12H16ClNO. The first kappa shape index (κ1) is 12.2. The van der Waals surface area contributed by atoms with Crippen LogP contribution in [0.15, 0.2) is 24.3 Å². The van der Waals surface area contributed by atoms with E-state index in [9.17, 15) is 4.79 Å². The van der Waals surface area contributed by atoms with Gasteiger partial charge in [-0.25, -0.2) is 0 Å². The van der Waals surface area contributed by atoms with E-state index in [1.807, 2.05) is 43.3 Å². The van der Waals surface area contributed by atoms with Crippen LogP contribution in [0.2, 0.25) is 5.02 Å². The van der Waals surface area contributed by atoms with Crippen molar-refractivity contribution in [3.05, 3.63) is 34.9 Å². The molecule has 0 radical (unpaired) electrons. The first-order valence-corrected chi connectivity index (χ1v) is 5.36. The Morgan fingerprint density at radius 2 is 1.87 bits per heavy atom. The molecule has 0 bridgehead atoms. The standard InChI is InChI=1S/C12H16ClNO/c1-14(2)8-7-12(15)9-10-3-5-11(13)6-4-10/h3-6H,7-9H2,1-2H3. The number of hydrogen-bond donors (Lipinski definition) is 0. The van der Waals surface area contributed by atoms with Crippen molar-refractivity contribution >= 4 is 17.4 Å². The van der Waals surface area contributed by atoms with Crippen LogP contribution >= 0.6 is 11.6 Å². The summed E-state index contributed by atoms with van der Waals surface area (Å²) in [4.78, 5) is 13.6. The molecule has 2 nitrogen and oxygen atoms in total. The normalized spacial score (nSPS) is 10.7. The van der Waals surface area contributed by atoms with Gasteiger partial charge in [-0.2, -0.15) is 0 Å². The maximum atomic E-state index is 11.5. The summed E-state index contributed by atoms with van der Waals surface area (Å²) in [6.45, 7) is 0.812. The number of ketones is 1. The molecule has 3 heteroatoms. The van der Waals surface area contributed by atoms with Crippen molar-refractivity contribution in [3.63, 3.8) is 0 Å². The Morgan fingerprint density at radius 3 is 2.40 bits per heavy atom. The highest BCUT2D eigenvalue weighted by Gasteiger charge is 2.04. The van der Waals surface area contributed by atoms with Crippen LogP contribution in [0, 0.1) is 0 Å². The molecule has 0 N–H and O–H groups in total. The molecule has 1 aromatic rings. The van der Waals surface area contributed by atoms with Crippen LogP contribution in [0.5, 0.6) is 0 Å². The highest BCUT2D eigenvalue weighted by molar-refractivity contribution is 6.30. The van der Waals surface area contributed by atoms with Crippen LogP contribution < -0.4 is 0 Å². The molecule has 0 saturated carbocycles. The van der Waals surface area contributed by atoms with Gasteiger partial charge in [-0.15, -0.1) is 0 Å². The topological polar surface area (TPSA) is 20.3 Å². The summed E-state index contributed by atoms with van der Waals surface area (Å²) in [5, 5.41) is 0.708. The molecule has 0 heterocycles. The van der Waals surface area contributed by atoms with Gasteiger partial charge in [0.1, 0.15) is 5.78 Å². The van der Waals surface area contributed by atoms with Crippen molar-refractivity contribution in [2.45, 2.75) is 12.8 Å². The smallest absolute Gasteiger partial charge is 0.138 e. The van der Waals surface area contributed by atoms with Gasteiger partial charge in [-0.1, -0.05) is 23.7 Å². The van der Waals surface area contributed by atoms with Gasteiger partial charge in [-0.3, -0.25) is 4.79 Å². The van der Waals surface area contributed by atoms with Crippen LogP contribution in [0.1, 0.15) is 12.0 Å². The molecule has 0 unspecified atom stereocenters. The van der Waals surface area contributed by atoms with E-state index in [2.05, 4.69) is 0 Å². The van der Waals surface area contributed by atoms with Gasteiger partial charge in [-0.05, 0) is 31.8 Å². The van der Waals surface area contributed by atoms with Crippen LogP contribution in [0.25, 0.3) is 0 Å². The number of hydrogen-bond acceptors (Lipinski definition) is 2. The minimum absolute atomic E-state index is 0.269. The molecule has 0 aliphatic carbocycles. The summed E-state index contributed by atoms with van der Waals surface area (Å²) >= 11 is 5.76. The molecule has 0 aliphatic rings. The monoisotopic (exact) mass is 225 g/mol. The van der Waals surface area contributed by atoms with E-state index in [-0.39, 0.29) is 5.78 Å². The molecule has 0 fully saturated rings. The predicted octanol–water partition coefficient (Wildman–Crippen LogP) is 2.40. The van der Waals surface area contributed by atoms with Crippen LogP contribution in [0.3, 0.4) is 0 Å². The zero-order valence-electron chi connectivity index (χ0n) is 9.16. The Hall–Kier alpha value is -0.860. The third-order valence-corrected chi connectivity index (χ3v) is 2.40. The predicted molar refractivity (Wildman–Crippen MR) is 63.3 cm³/mol. The lowest BCUT2D eigenvalue weighted by molar-refractivity contribution is -0.118. The molecule has 0 aliphatic heterocycles. The van der Waals surface area contributed by atoms with Crippen molar-refractivity contribution in [2.75, 3.05) is 20.6 Å². The summed E-state index contributed by atoms with van der Waals surface area (Å²) in [5.74, 6) is 0.269. The Kier molecular flexibility index (Phi) is 4.79. The van der Waals surface area contributed by atoms with E-state index in [0.29, 0.717) is 17.9 Å². The van der Waals surface area contributed by atoms with Gasteiger partial charge in [0.15, 0.2) is 0 Å². The quantitative estimate of drug-likeness (QED) is 0.767. The molecule has 1 aromatic carbocycles. The number of carbonyl (C=O) groups is 1. The van der Waals surface area contributed by atoms with E-state index < -0.39 is 0 Å². The number of benzene rings is 1. The molecule has 82 valence electrons. The molecule has 0 amide bonds. The third-order valence-electron chi connectivity index (χ3n) is 2.15. The van der Waals surface area contributed by atoms with Crippen molar-refractivity contribution < 1.29 is 4.79 Å². The number of rotatable bonds is 5. The number of halogens is 1. The second-order valence-electron chi connectivity index (χ2n) is 3.90. The highest BCUT2D eigenvalue weighted by Crippen LogP contribution is 2.10. The Balaban J connectivity index is 2.41. The largest absolute Gasteiger partial charge is 0.309 e. The van der Waals surface area contributed by atoms with Gasteiger partial charge in [0.05, 0.1) is 0 Å². The van der Waals surface area contributed by atoms with Crippen LogP contribution in [-0.4, -0.2) is 31.3 Å². The lowest BCUT2D eigenvalue weighted by Gasteiger charge is -2.08. The van der Waals surface area contributed by atoms with E-state index in [4.69, 9.17) is 11.6 Å². The Bertz CT molecular complexity index is 319. The highest BCUT2D eigenvalue weighted by atomic mass is 35.5. The van der Waals surface area contributed by atoms with E-state index >= 15 is 0 Å². The molecule has 15 heavy (non-hydrogen) atoms. The maximum absolute atomic E-state index is 11.5. The minimum Gasteiger partial charge on any atom is -0.309 e. The average molecular weight is 226 g/mol. The summed E-state index contributed by atoms with van der Waals surface area (Å²) in [7, 11) is 3.94. The Labute approximate surface area is 95.8 Å². The van der Waals surface area contributed by atoms with Crippen LogP contribution in [-0.2, 0) is 11.2 Å². The van der Waals surface area contributed by atoms with Crippen molar-refractivity contribution in [1.29, 1.82) is 0 Å². The minimum atomic E-state index is 0.269. The van der Waals surface area contributed by atoms with Gasteiger partial charge >= 0.3 is 0 Å². The summed E-state index contributed by atoms with van der Waals surface area (Å²) in [5.41, 5.74) is 1.03. The summed E-state index contributed by atoms with van der Waals surface area (Å²) in [6, 6.07) is 7.43. The fourth-order valence-corrected chi connectivity index (χ4v) is 1.39. The molecule has 0 spiro atoms. The molecular weight excluding hydrogens is 210 g/mol. The lowest BCUT2D eigenvalue weighted by Crippen LogP contribution is -2.17. The van der Waals surface area contributed by atoms with E-state index in [0.717, 1.165) is 12.1 Å². The SMILES string of the molecule is CN(C)CCC(=O)Cc1ccc(Cl)cc1. The molecule has 0 saturated heterocycles. The third kappa shape index (κ3) is 4.96. The van der Waals surface area contributed by atoms with Crippen molar-refractivity contribution in [2.24, 2.45) is 0 Å².